The molecule has 0 amide bonds. The van der Waals surface area contributed by atoms with E-state index in [-0.39, 0.29) is 12.4 Å². The van der Waals surface area contributed by atoms with Gasteiger partial charge in [-0.2, -0.15) is 0 Å². The third-order valence-electron chi connectivity index (χ3n) is 7.83. The summed E-state index contributed by atoms with van der Waals surface area (Å²) >= 11 is 0. The number of aryl methyl sites for hydroxylation is 1. The molecule has 4 saturated carbocycles. The first-order valence-electron chi connectivity index (χ1n) is 11.0. The fourth-order valence-electron chi connectivity index (χ4n) is 7.22. The van der Waals surface area contributed by atoms with Gasteiger partial charge in [-0.05, 0) is 92.2 Å². The Bertz CT molecular complexity index is 772. The van der Waals surface area contributed by atoms with E-state index >= 15 is 0 Å². The number of hydrogen-bond donors (Lipinski definition) is 1. The number of benzene rings is 2. The largest absolute Gasteiger partial charge is 0.313 e. The van der Waals surface area contributed by atoms with Crippen molar-refractivity contribution in [2.24, 2.45) is 23.2 Å². The topological polar surface area (TPSA) is 12.0 Å². The van der Waals surface area contributed by atoms with Gasteiger partial charge in [0.15, 0.2) is 0 Å². The van der Waals surface area contributed by atoms with Crippen LogP contribution in [0.15, 0.2) is 54.6 Å². The highest BCUT2D eigenvalue weighted by Gasteiger charge is 2.56. The van der Waals surface area contributed by atoms with E-state index in [1.807, 2.05) is 0 Å². The first kappa shape index (κ1) is 20.0. The van der Waals surface area contributed by atoms with Crippen molar-refractivity contribution in [3.05, 3.63) is 71.3 Å². The molecule has 4 fully saturated rings. The van der Waals surface area contributed by atoms with Crippen LogP contribution in [-0.4, -0.2) is 6.54 Å². The van der Waals surface area contributed by atoms with Crippen LogP contribution in [0.25, 0.3) is 0 Å². The molecular formula is C26H34ClN. The standard InChI is InChI=1S/C26H33N.ClH/c1-19-6-5-9-23(12-19)25-24-14-21-13-22(15-24)17-26(25,16-21)10-11-27-18-20-7-3-2-4-8-20;/h2-9,12,21-22,24-25,27H,10-11,13-18H2,1H3;1H. The molecule has 4 aliphatic carbocycles. The third kappa shape index (κ3) is 3.76. The fourth-order valence-corrected chi connectivity index (χ4v) is 7.22. The zero-order valence-corrected chi connectivity index (χ0v) is 17.9. The van der Waals surface area contributed by atoms with Crippen LogP contribution < -0.4 is 5.32 Å². The van der Waals surface area contributed by atoms with Gasteiger partial charge < -0.3 is 5.32 Å². The zero-order valence-electron chi connectivity index (χ0n) is 17.1. The molecule has 0 heterocycles. The maximum Gasteiger partial charge on any atom is 0.0205 e. The molecule has 4 bridgehead atoms. The van der Waals surface area contributed by atoms with Crippen molar-refractivity contribution in [1.82, 2.24) is 5.32 Å². The van der Waals surface area contributed by atoms with Gasteiger partial charge in [0.05, 0.1) is 0 Å². The summed E-state index contributed by atoms with van der Waals surface area (Å²) in [6, 6.07) is 20.3. The number of nitrogens with one attached hydrogen (secondary N) is 1. The second-order valence-electron chi connectivity index (χ2n) is 9.77. The molecule has 4 aliphatic rings. The summed E-state index contributed by atoms with van der Waals surface area (Å²) < 4.78 is 0. The molecule has 0 aromatic heterocycles. The molecule has 28 heavy (non-hydrogen) atoms. The quantitative estimate of drug-likeness (QED) is 0.550. The Labute approximate surface area is 176 Å². The third-order valence-corrected chi connectivity index (χ3v) is 7.83. The van der Waals surface area contributed by atoms with Crippen LogP contribution in [0.1, 0.15) is 61.1 Å². The molecule has 2 aromatic carbocycles. The minimum Gasteiger partial charge on any atom is -0.313 e. The van der Waals surface area contributed by atoms with Crippen LogP contribution in [0.2, 0.25) is 0 Å². The molecule has 0 spiro atoms. The maximum absolute atomic E-state index is 3.76. The highest BCUT2D eigenvalue weighted by atomic mass is 35.5. The SMILES string of the molecule is Cc1cccc(C2C3CC4CC(C3)CC2(CCNCc2ccccc2)C4)c1.Cl. The van der Waals surface area contributed by atoms with Gasteiger partial charge in [-0.25, -0.2) is 0 Å². The molecule has 6 rings (SSSR count). The summed E-state index contributed by atoms with van der Waals surface area (Å²) in [5.74, 6) is 3.76. The lowest BCUT2D eigenvalue weighted by molar-refractivity contribution is -0.0796. The van der Waals surface area contributed by atoms with Gasteiger partial charge in [0.25, 0.3) is 0 Å². The Balaban J connectivity index is 0.00000192. The van der Waals surface area contributed by atoms with Gasteiger partial charge >= 0.3 is 0 Å². The molecule has 150 valence electrons. The van der Waals surface area contributed by atoms with E-state index in [2.05, 4.69) is 66.8 Å². The van der Waals surface area contributed by atoms with Crippen LogP contribution >= 0.6 is 12.4 Å². The monoisotopic (exact) mass is 395 g/mol. The van der Waals surface area contributed by atoms with Crippen LogP contribution in [-0.2, 0) is 6.54 Å². The highest BCUT2D eigenvalue weighted by Crippen LogP contribution is 2.67. The Morgan fingerprint density at radius 2 is 1.68 bits per heavy atom. The highest BCUT2D eigenvalue weighted by molar-refractivity contribution is 5.85. The van der Waals surface area contributed by atoms with Crippen molar-refractivity contribution in [1.29, 1.82) is 0 Å². The van der Waals surface area contributed by atoms with E-state index in [0.717, 1.165) is 36.8 Å². The summed E-state index contributed by atoms with van der Waals surface area (Å²) in [4.78, 5) is 0. The smallest absolute Gasteiger partial charge is 0.0205 e. The lowest BCUT2D eigenvalue weighted by atomic mass is 9.43. The van der Waals surface area contributed by atoms with Crippen LogP contribution in [0.4, 0.5) is 0 Å². The van der Waals surface area contributed by atoms with Crippen LogP contribution in [0.3, 0.4) is 0 Å². The normalized spacial score (nSPS) is 32.9. The molecule has 1 N–H and O–H groups in total. The summed E-state index contributed by atoms with van der Waals surface area (Å²) in [5, 5.41) is 3.76. The van der Waals surface area contributed by atoms with Crippen molar-refractivity contribution >= 4 is 12.4 Å². The van der Waals surface area contributed by atoms with Gasteiger partial charge in [0.2, 0.25) is 0 Å². The molecular weight excluding hydrogens is 362 g/mol. The Morgan fingerprint density at radius 3 is 2.39 bits per heavy atom. The summed E-state index contributed by atoms with van der Waals surface area (Å²) in [5.41, 5.74) is 5.02. The van der Waals surface area contributed by atoms with E-state index < -0.39 is 0 Å². The Morgan fingerprint density at radius 1 is 0.929 bits per heavy atom. The number of hydrogen-bond acceptors (Lipinski definition) is 1. The van der Waals surface area contributed by atoms with Crippen molar-refractivity contribution in [3.63, 3.8) is 0 Å². The van der Waals surface area contributed by atoms with Crippen LogP contribution in [0.5, 0.6) is 0 Å². The predicted octanol–water partition coefficient (Wildman–Crippen LogP) is 6.51. The lowest BCUT2D eigenvalue weighted by Gasteiger charge is -2.62. The average Bonchev–Trinajstić information content (AvgIpc) is 2.65. The molecule has 0 saturated heterocycles. The second-order valence-corrected chi connectivity index (χ2v) is 9.77. The van der Waals surface area contributed by atoms with E-state index in [1.54, 1.807) is 5.56 Å². The molecule has 3 unspecified atom stereocenters. The minimum atomic E-state index is 0. The van der Waals surface area contributed by atoms with Gasteiger partial charge in [-0.15, -0.1) is 12.4 Å². The summed E-state index contributed by atoms with van der Waals surface area (Å²) in [7, 11) is 0. The van der Waals surface area contributed by atoms with Gasteiger partial charge in [0, 0.05) is 6.54 Å². The van der Waals surface area contributed by atoms with Crippen molar-refractivity contribution in [2.45, 2.75) is 57.9 Å². The molecule has 3 atom stereocenters. The van der Waals surface area contributed by atoms with Gasteiger partial charge in [-0.3, -0.25) is 0 Å². The van der Waals surface area contributed by atoms with Gasteiger partial charge in [0.1, 0.15) is 0 Å². The molecule has 0 radical (unpaired) electrons. The zero-order chi connectivity index (χ0) is 18.3. The predicted molar refractivity (Wildman–Crippen MR) is 120 cm³/mol. The number of rotatable bonds is 6. The Hall–Kier alpha value is -1.31. The van der Waals surface area contributed by atoms with Crippen molar-refractivity contribution < 1.29 is 0 Å². The lowest BCUT2D eigenvalue weighted by Crippen LogP contribution is -2.52. The van der Waals surface area contributed by atoms with Gasteiger partial charge in [-0.1, -0.05) is 60.2 Å². The van der Waals surface area contributed by atoms with Crippen molar-refractivity contribution in [3.8, 4) is 0 Å². The first-order chi connectivity index (χ1) is 13.2. The van der Waals surface area contributed by atoms with E-state index in [4.69, 9.17) is 0 Å². The second kappa shape index (κ2) is 8.20. The molecule has 2 aromatic rings. The van der Waals surface area contributed by atoms with E-state index in [0.29, 0.717) is 5.41 Å². The van der Waals surface area contributed by atoms with E-state index in [1.165, 1.54) is 49.7 Å². The molecule has 0 aliphatic heterocycles. The van der Waals surface area contributed by atoms with Crippen molar-refractivity contribution in [2.75, 3.05) is 6.54 Å². The Kier molecular flexibility index (Phi) is 5.86. The maximum atomic E-state index is 3.76. The first-order valence-corrected chi connectivity index (χ1v) is 11.0. The fraction of sp³-hybridized carbons (Fsp3) is 0.538. The summed E-state index contributed by atoms with van der Waals surface area (Å²) in [6.07, 6.45) is 8.82. The molecule has 1 nitrogen and oxygen atoms in total. The average molecular weight is 396 g/mol. The molecule has 2 heteroatoms. The number of halogens is 1. The van der Waals surface area contributed by atoms with E-state index in [9.17, 15) is 0 Å². The minimum absolute atomic E-state index is 0. The summed E-state index contributed by atoms with van der Waals surface area (Å²) in [6.45, 7) is 4.42. The van der Waals surface area contributed by atoms with Crippen LogP contribution in [0, 0.1) is 30.1 Å².